The van der Waals surface area contributed by atoms with Crippen LogP contribution in [0.15, 0.2) is 47.2 Å². The van der Waals surface area contributed by atoms with E-state index in [1.165, 1.54) is 11.3 Å². The smallest absolute Gasteiger partial charge is 0.296 e. The van der Waals surface area contributed by atoms with Gasteiger partial charge in [-0.05, 0) is 48.8 Å². The Bertz CT molecular complexity index is 1060. The molecule has 1 fully saturated rings. The fraction of sp³-hybridized carbons (Fsp3) is 0.480. The van der Waals surface area contributed by atoms with Crippen LogP contribution in [0.2, 0.25) is 0 Å². The maximum absolute atomic E-state index is 13.8. The van der Waals surface area contributed by atoms with Gasteiger partial charge in [-0.2, -0.15) is 0 Å². The molecule has 168 valence electrons. The minimum atomic E-state index is -0.558. The first-order valence-electron chi connectivity index (χ1n) is 11.4. The summed E-state index contributed by atoms with van der Waals surface area (Å²) in [6.45, 7) is 7.06. The molecule has 1 aromatic heterocycles. The van der Waals surface area contributed by atoms with Crippen molar-refractivity contribution >= 4 is 28.2 Å². The number of hydrogen-bond acceptors (Lipinski definition) is 6. The number of hydrogen-bond donors (Lipinski definition) is 0. The van der Waals surface area contributed by atoms with Crippen LogP contribution in [0.25, 0.3) is 0 Å². The van der Waals surface area contributed by atoms with E-state index in [0.29, 0.717) is 29.1 Å². The molecular weight excluding hydrogens is 424 g/mol. The number of Topliss-reactive ketones (excluding diaryl/α,β-unsaturated/α-hetero) is 1. The van der Waals surface area contributed by atoms with Crippen LogP contribution in [0.5, 0.6) is 5.75 Å². The molecule has 1 aromatic carbocycles. The molecule has 0 N–H and O–H groups in total. The van der Waals surface area contributed by atoms with Gasteiger partial charge in [-0.3, -0.25) is 14.5 Å². The van der Waals surface area contributed by atoms with E-state index in [2.05, 4.69) is 25.8 Å². The number of benzene rings is 1. The van der Waals surface area contributed by atoms with Crippen molar-refractivity contribution < 1.29 is 19.1 Å². The van der Waals surface area contributed by atoms with Crippen LogP contribution in [0.3, 0.4) is 0 Å². The zero-order chi connectivity index (χ0) is 22.4. The number of ether oxygens (including phenoxy) is 2. The van der Waals surface area contributed by atoms with E-state index in [0.717, 1.165) is 30.6 Å². The number of carbonyl (C=O) groups excluding carboxylic acids is 2. The van der Waals surface area contributed by atoms with Crippen molar-refractivity contribution in [1.29, 1.82) is 0 Å². The molecule has 3 aliphatic rings. The van der Waals surface area contributed by atoms with Crippen LogP contribution in [-0.2, 0) is 14.3 Å². The second-order valence-electron chi connectivity index (χ2n) is 9.11. The molecule has 1 saturated carbocycles. The van der Waals surface area contributed by atoms with Gasteiger partial charge < -0.3 is 9.47 Å². The first kappa shape index (κ1) is 21.2. The predicted octanol–water partition coefficient (Wildman–Crippen LogP) is 4.92. The van der Waals surface area contributed by atoms with E-state index in [9.17, 15) is 9.59 Å². The quantitative estimate of drug-likeness (QED) is 0.644. The van der Waals surface area contributed by atoms with Gasteiger partial charge in [-0.1, -0.05) is 32.9 Å². The third kappa shape index (κ3) is 3.43. The Morgan fingerprint density at radius 1 is 1.22 bits per heavy atom. The third-order valence-electron chi connectivity index (χ3n) is 6.98. The molecule has 6 nitrogen and oxygen atoms in total. The lowest BCUT2D eigenvalue weighted by Gasteiger charge is -2.40. The maximum Gasteiger partial charge on any atom is 0.296 e. The van der Waals surface area contributed by atoms with Crippen LogP contribution in [0.1, 0.15) is 51.6 Å². The van der Waals surface area contributed by atoms with Crippen LogP contribution in [0, 0.1) is 17.8 Å². The van der Waals surface area contributed by atoms with Crippen molar-refractivity contribution in [3.8, 4) is 5.75 Å². The van der Waals surface area contributed by atoms with Gasteiger partial charge >= 0.3 is 0 Å². The third-order valence-corrected chi connectivity index (χ3v) is 7.75. The van der Waals surface area contributed by atoms with Crippen LogP contribution < -0.4 is 9.64 Å². The number of nitrogens with zero attached hydrogens (tertiary/aromatic N) is 2. The van der Waals surface area contributed by atoms with Gasteiger partial charge in [0.05, 0.1) is 24.1 Å². The molecule has 32 heavy (non-hydrogen) atoms. The van der Waals surface area contributed by atoms with Crippen LogP contribution >= 0.6 is 11.3 Å². The normalized spacial score (nSPS) is 29.6. The lowest BCUT2D eigenvalue weighted by atomic mass is 9.70. The summed E-state index contributed by atoms with van der Waals surface area (Å²) in [5.74, 6) is 1.41. The van der Waals surface area contributed by atoms with Crippen molar-refractivity contribution in [1.82, 2.24) is 4.98 Å². The van der Waals surface area contributed by atoms with Crippen LogP contribution in [-0.4, -0.2) is 29.4 Å². The van der Waals surface area contributed by atoms with Crippen LogP contribution in [0.4, 0.5) is 5.13 Å². The monoisotopic (exact) mass is 452 g/mol. The highest BCUT2D eigenvalue weighted by molar-refractivity contribution is 7.13. The van der Waals surface area contributed by atoms with Crippen molar-refractivity contribution in [3.63, 3.8) is 0 Å². The average Bonchev–Trinajstić information content (AvgIpc) is 3.41. The number of aromatic nitrogens is 1. The Morgan fingerprint density at radius 3 is 2.78 bits per heavy atom. The Balaban J connectivity index is 1.59. The van der Waals surface area contributed by atoms with E-state index in [4.69, 9.17) is 9.47 Å². The second kappa shape index (κ2) is 8.35. The molecule has 0 bridgehead atoms. The summed E-state index contributed by atoms with van der Waals surface area (Å²) in [6.07, 6.45) is 3.93. The standard InChI is InChI=1S/C25H28N2O4S/c1-4-9-30-17-7-5-6-16(13-17)21-20-22(28)18-11-14(2)15(3)12-19(18)31-23(20)24(29)27(21)25-26-8-10-32-25/h5-8,10,13-15,18-19,21H,4,9,11-12H2,1-3H3. The summed E-state index contributed by atoms with van der Waals surface area (Å²) < 4.78 is 12.1. The van der Waals surface area contributed by atoms with Gasteiger partial charge in [0.2, 0.25) is 0 Å². The molecule has 3 heterocycles. The van der Waals surface area contributed by atoms with Gasteiger partial charge in [0, 0.05) is 11.6 Å². The minimum absolute atomic E-state index is 0.0484. The van der Waals surface area contributed by atoms with Crippen molar-refractivity contribution in [2.24, 2.45) is 17.8 Å². The fourth-order valence-electron chi connectivity index (χ4n) is 5.10. The van der Waals surface area contributed by atoms with Gasteiger partial charge in [-0.15, -0.1) is 11.3 Å². The predicted molar refractivity (Wildman–Crippen MR) is 123 cm³/mol. The molecule has 0 spiro atoms. The van der Waals surface area contributed by atoms with E-state index in [1.807, 2.05) is 29.6 Å². The number of anilines is 1. The Hall–Kier alpha value is -2.67. The number of ketones is 1. The number of carbonyl (C=O) groups is 2. The largest absolute Gasteiger partial charge is 0.494 e. The van der Waals surface area contributed by atoms with Crippen molar-refractivity contribution in [3.05, 3.63) is 52.7 Å². The summed E-state index contributed by atoms with van der Waals surface area (Å²) in [5, 5.41) is 2.40. The summed E-state index contributed by atoms with van der Waals surface area (Å²) >= 11 is 1.38. The molecule has 7 heteroatoms. The summed E-state index contributed by atoms with van der Waals surface area (Å²) in [6, 6.07) is 7.12. The molecule has 0 saturated heterocycles. The topological polar surface area (TPSA) is 68.7 Å². The Labute approximate surface area is 192 Å². The molecule has 5 rings (SSSR count). The van der Waals surface area contributed by atoms with Crippen molar-refractivity contribution in [2.75, 3.05) is 11.5 Å². The summed E-state index contributed by atoms with van der Waals surface area (Å²) in [5.41, 5.74) is 1.31. The number of rotatable bonds is 5. The van der Waals surface area contributed by atoms with E-state index < -0.39 is 6.04 Å². The maximum atomic E-state index is 13.8. The molecule has 1 amide bonds. The fourth-order valence-corrected chi connectivity index (χ4v) is 5.77. The number of fused-ring (bicyclic) bond motifs is 1. The number of thiazole rings is 1. The zero-order valence-electron chi connectivity index (χ0n) is 18.6. The molecule has 1 aliphatic carbocycles. The second-order valence-corrected chi connectivity index (χ2v) is 9.98. The van der Waals surface area contributed by atoms with Gasteiger partial charge in [0.25, 0.3) is 5.91 Å². The Kier molecular flexibility index (Phi) is 5.53. The van der Waals surface area contributed by atoms with E-state index in [-0.39, 0.29) is 29.5 Å². The van der Waals surface area contributed by atoms with E-state index in [1.54, 1.807) is 11.1 Å². The molecule has 5 atom stereocenters. The van der Waals surface area contributed by atoms with Gasteiger partial charge in [-0.25, -0.2) is 4.98 Å². The van der Waals surface area contributed by atoms with Gasteiger partial charge in [0.1, 0.15) is 11.9 Å². The molecule has 0 radical (unpaired) electrons. The molecule has 5 unspecified atom stereocenters. The highest BCUT2D eigenvalue weighted by Crippen LogP contribution is 2.50. The highest BCUT2D eigenvalue weighted by atomic mass is 32.1. The summed E-state index contributed by atoms with van der Waals surface area (Å²) in [4.78, 5) is 33.4. The zero-order valence-corrected chi connectivity index (χ0v) is 19.4. The molecule has 2 aromatic rings. The lowest BCUT2D eigenvalue weighted by molar-refractivity contribution is -0.134. The minimum Gasteiger partial charge on any atom is -0.494 e. The van der Waals surface area contributed by atoms with Crippen molar-refractivity contribution in [2.45, 2.75) is 52.2 Å². The highest BCUT2D eigenvalue weighted by Gasteiger charge is 2.54. The SMILES string of the molecule is CCCOc1cccc(C2C3=C(OC4CC(C)C(C)CC4C3=O)C(=O)N2c2nccs2)c1. The van der Waals surface area contributed by atoms with Gasteiger partial charge in [0.15, 0.2) is 16.7 Å². The Morgan fingerprint density at radius 2 is 2.03 bits per heavy atom. The molecular formula is C25H28N2O4S. The van der Waals surface area contributed by atoms with E-state index >= 15 is 0 Å². The number of amides is 1. The average molecular weight is 453 g/mol. The lowest BCUT2D eigenvalue weighted by Crippen LogP contribution is -2.43. The summed E-state index contributed by atoms with van der Waals surface area (Å²) in [7, 11) is 0. The molecule has 2 aliphatic heterocycles. The first-order valence-corrected chi connectivity index (χ1v) is 12.3. The first-order chi connectivity index (χ1) is 15.5.